The van der Waals surface area contributed by atoms with Crippen molar-refractivity contribution in [2.24, 2.45) is 0 Å². The zero-order valence-electron chi connectivity index (χ0n) is 27.4. The Bertz CT molecular complexity index is 2870. The van der Waals surface area contributed by atoms with Gasteiger partial charge in [0.1, 0.15) is 0 Å². The van der Waals surface area contributed by atoms with Crippen LogP contribution in [0.25, 0.3) is 70.9 Å². The summed E-state index contributed by atoms with van der Waals surface area (Å²) in [5.41, 5.74) is 9.22. The lowest BCUT2D eigenvalue weighted by molar-refractivity contribution is 1.17. The van der Waals surface area contributed by atoms with E-state index in [4.69, 9.17) is 0 Å². The van der Waals surface area contributed by atoms with Crippen LogP contribution in [0.3, 0.4) is 0 Å². The maximum atomic E-state index is 2.45. The largest absolute Gasteiger partial charge is 0.308 e. The minimum atomic E-state index is 1.11. The molecule has 2 nitrogen and oxygen atoms in total. The molecule has 0 N–H and O–H groups in total. The van der Waals surface area contributed by atoms with Crippen molar-refractivity contribution in [2.45, 2.75) is 0 Å². The molecule has 0 saturated heterocycles. The first-order chi connectivity index (χ1) is 24.8. The molecule has 0 amide bonds. The number of nitrogens with zero attached hydrogens (tertiary/aromatic N) is 2. The van der Waals surface area contributed by atoms with Crippen LogP contribution in [0.15, 0.2) is 194 Å². The van der Waals surface area contributed by atoms with Crippen LogP contribution in [-0.2, 0) is 0 Å². The number of hydrogen-bond donors (Lipinski definition) is 0. The summed E-state index contributed by atoms with van der Waals surface area (Å²) in [6, 6.07) is 70.6. The molecule has 0 spiro atoms. The second kappa shape index (κ2) is 11.5. The van der Waals surface area contributed by atoms with Crippen LogP contribution in [0.2, 0.25) is 0 Å². The molecule has 1 heterocycles. The van der Waals surface area contributed by atoms with Gasteiger partial charge >= 0.3 is 0 Å². The molecule has 0 saturated carbocycles. The van der Waals surface area contributed by atoms with Gasteiger partial charge in [0.05, 0.1) is 16.7 Å². The minimum Gasteiger partial charge on any atom is -0.308 e. The summed E-state index contributed by atoms with van der Waals surface area (Å²) in [4.78, 5) is 2.45. The lowest BCUT2D eigenvalue weighted by atomic mass is 9.96. The van der Waals surface area contributed by atoms with E-state index in [0.29, 0.717) is 0 Å². The first-order valence-corrected chi connectivity index (χ1v) is 17.2. The van der Waals surface area contributed by atoms with Crippen molar-refractivity contribution in [2.75, 3.05) is 4.90 Å². The van der Waals surface area contributed by atoms with Gasteiger partial charge in [0, 0.05) is 27.8 Å². The van der Waals surface area contributed by atoms with Crippen molar-refractivity contribution >= 4 is 71.2 Å². The van der Waals surface area contributed by atoms with E-state index in [-0.39, 0.29) is 0 Å². The first-order valence-electron chi connectivity index (χ1n) is 17.2. The summed E-state index contributed by atoms with van der Waals surface area (Å²) in [5, 5.41) is 10.0. The molecule has 0 aliphatic rings. The predicted molar refractivity (Wildman–Crippen MR) is 213 cm³/mol. The van der Waals surface area contributed by atoms with Gasteiger partial charge in [-0.15, -0.1) is 0 Å². The van der Waals surface area contributed by atoms with Crippen molar-refractivity contribution in [1.82, 2.24) is 4.57 Å². The van der Waals surface area contributed by atoms with E-state index in [1.54, 1.807) is 0 Å². The Morgan fingerprint density at radius 3 is 1.78 bits per heavy atom. The minimum absolute atomic E-state index is 1.11. The Labute approximate surface area is 290 Å². The van der Waals surface area contributed by atoms with Gasteiger partial charge in [0.2, 0.25) is 0 Å². The Kier molecular flexibility index (Phi) is 6.53. The van der Waals surface area contributed by atoms with Gasteiger partial charge in [-0.2, -0.15) is 0 Å². The van der Waals surface area contributed by atoms with Crippen LogP contribution in [0.4, 0.5) is 17.1 Å². The van der Waals surface area contributed by atoms with Gasteiger partial charge in [0.15, 0.2) is 0 Å². The SMILES string of the molecule is c1ccc(-c2cccc(N(c3ccc4ccc5c6ccccc6ccc5c4c3)c3cccc4c5ccccc5n(-c5ccccc5)c34)c2)cc1. The summed E-state index contributed by atoms with van der Waals surface area (Å²) in [5.74, 6) is 0. The van der Waals surface area contributed by atoms with E-state index in [2.05, 4.69) is 204 Å². The van der Waals surface area contributed by atoms with Gasteiger partial charge in [-0.25, -0.2) is 0 Å². The highest BCUT2D eigenvalue weighted by atomic mass is 15.2. The quantitative estimate of drug-likeness (QED) is 0.171. The molecule has 0 radical (unpaired) electrons. The van der Waals surface area contributed by atoms with Crippen LogP contribution < -0.4 is 4.90 Å². The molecule has 10 aromatic rings. The first kappa shape index (κ1) is 28.4. The van der Waals surface area contributed by atoms with Gasteiger partial charge in [-0.3, -0.25) is 0 Å². The molecule has 0 aliphatic heterocycles. The zero-order chi connectivity index (χ0) is 33.0. The third-order valence-corrected chi connectivity index (χ3v) is 10.1. The average Bonchev–Trinajstić information content (AvgIpc) is 3.54. The molecule has 0 aliphatic carbocycles. The molecule has 234 valence electrons. The van der Waals surface area contributed by atoms with Gasteiger partial charge in [-0.05, 0) is 92.0 Å². The van der Waals surface area contributed by atoms with E-state index in [1.807, 2.05) is 0 Å². The molecule has 0 unspecified atom stereocenters. The predicted octanol–water partition coefficient (Wildman–Crippen LogP) is 13.4. The lowest BCUT2D eigenvalue weighted by Crippen LogP contribution is -2.12. The van der Waals surface area contributed by atoms with Gasteiger partial charge < -0.3 is 9.47 Å². The van der Waals surface area contributed by atoms with Crippen molar-refractivity contribution in [3.8, 4) is 16.8 Å². The molecule has 0 bridgehead atoms. The molecule has 0 atom stereocenters. The smallest absolute Gasteiger partial charge is 0.0782 e. The Balaban J connectivity index is 1.29. The highest BCUT2D eigenvalue weighted by Gasteiger charge is 2.22. The summed E-state index contributed by atoms with van der Waals surface area (Å²) in [6.45, 7) is 0. The number of anilines is 3. The van der Waals surface area contributed by atoms with Crippen molar-refractivity contribution < 1.29 is 0 Å². The molecule has 10 rings (SSSR count). The maximum absolute atomic E-state index is 2.45. The number of fused-ring (bicyclic) bond motifs is 8. The Morgan fingerprint density at radius 1 is 0.340 bits per heavy atom. The highest BCUT2D eigenvalue weighted by molar-refractivity contribution is 6.18. The van der Waals surface area contributed by atoms with Crippen LogP contribution in [0.1, 0.15) is 0 Å². The Morgan fingerprint density at radius 2 is 0.940 bits per heavy atom. The number of rotatable bonds is 5. The second-order valence-corrected chi connectivity index (χ2v) is 13.0. The van der Waals surface area contributed by atoms with E-state index in [9.17, 15) is 0 Å². The standard InChI is InChI=1S/C48H32N2/c1-3-13-33(14-4-1)36-16-11-19-38(31-36)49(39-28-25-35-27-29-41-40-20-8-7-15-34(40)26-30-42(41)45(35)32-39)47-24-12-22-44-43-21-9-10-23-46(43)50(48(44)47)37-17-5-2-6-18-37/h1-32H. The highest BCUT2D eigenvalue weighted by Crippen LogP contribution is 2.45. The van der Waals surface area contributed by atoms with Crippen LogP contribution in [0.5, 0.6) is 0 Å². The zero-order valence-corrected chi connectivity index (χ0v) is 27.4. The van der Waals surface area contributed by atoms with E-state index in [1.165, 1.54) is 65.3 Å². The summed E-state index contributed by atoms with van der Waals surface area (Å²) >= 11 is 0. The average molecular weight is 637 g/mol. The van der Waals surface area contributed by atoms with Gasteiger partial charge in [0.25, 0.3) is 0 Å². The third kappa shape index (κ3) is 4.50. The monoisotopic (exact) mass is 636 g/mol. The molecule has 9 aromatic carbocycles. The number of aromatic nitrogens is 1. The number of hydrogen-bond acceptors (Lipinski definition) is 1. The van der Waals surface area contributed by atoms with Crippen molar-refractivity contribution in [3.05, 3.63) is 194 Å². The van der Waals surface area contributed by atoms with Crippen molar-refractivity contribution in [1.29, 1.82) is 0 Å². The second-order valence-electron chi connectivity index (χ2n) is 13.0. The van der Waals surface area contributed by atoms with E-state index in [0.717, 1.165) is 22.7 Å². The fraction of sp³-hybridized carbons (Fsp3) is 0. The Hall–Kier alpha value is -6.64. The fourth-order valence-corrected chi connectivity index (χ4v) is 7.85. The number of benzene rings is 9. The molecule has 2 heteroatoms. The van der Waals surface area contributed by atoms with E-state index < -0.39 is 0 Å². The molecule has 50 heavy (non-hydrogen) atoms. The summed E-state index contributed by atoms with van der Waals surface area (Å²) < 4.78 is 2.43. The van der Waals surface area contributed by atoms with E-state index >= 15 is 0 Å². The van der Waals surface area contributed by atoms with Crippen LogP contribution in [-0.4, -0.2) is 4.57 Å². The van der Waals surface area contributed by atoms with Crippen molar-refractivity contribution in [3.63, 3.8) is 0 Å². The molecule has 1 aromatic heterocycles. The molecular weight excluding hydrogens is 605 g/mol. The summed E-state index contributed by atoms with van der Waals surface area (Å²) in [6.07, 6.45) is 0. The summed E-state index contributed by atoms with van der Waals surface area (Å²) in [7, 11) is 0. The lowest BCUT2D eigenvalue weighted by Gasteiger charge is -2.28. The molecule has 0 fully saturated rings. The fourth-order valence-electron chi connectivity index (χ4n) is 7.85. The van der Waals surface area contributed by atoms with Crippen LogP contribution >= 0.6 is 0 Å². The van der Waals surface area contributed by atoms with Gasteiger partial charge in [-0.1, -0.05) is 146 Å². The molecular formula is C48H32N2. The maximum Gasteiger partial charge on any atom is 0.0782 e. The number of para-hydroxylation sites is 3. The van der Waals surface area contributed by atoms with Crippen LogP contribution in [0, 0.1) is 0 Å². The topological polar surface area (TPSA) is 8.17 Å². The third-order valence-electron chi connectivity index (χ3n) is 10.1. The normalized spacial score (nSPS) is 11.6.